The second-order valence-electron chi connectivity index (χ2n) is 16.0. The first-order chi connectivity index (χ1) is 23.1. The van der Waals surface area contributed by atoms with E-state index in [1.54, 1.807) is 0 Å². The van der Waals surface area contributed by atoms with Crippen LogP contribution in [0.4, 0.5) is 0 Å². The summed E-state index contributed by atoms with van der Waals surface area (Å²) < 4.78 is 12.6. The zero-order chi connectivity index (χ0) is 34.7. The van der Waals surface area contributed by atoms with Crippen molar-refractivity contribution in [2.45, 2.75) is 78.6 Å². The van der Waals surface area contributed by atoms with E-state index in [4.69, 9.17) is 9.72 Å². The first kappa shape index (κ1) is 35.4. The largest absolute Gasteiger partial charge is 0.510 e. The van der Waals surface area contributed by atoms with Gasteiger partial charge in [-0.15, -0.1) is 29.7 Å². The molecule has 7 aromatic rings. The summed E-state index contributed by atoms with van der Waals surface area (Å²) in [5, 5.41) is 2.28. The van der Waals surface area contributed by atoms with Crippen LogP contribution in [0.2, 0.25) is 0 Å². The molecule has 7 rings (SSSR count). The second-order valence-corrected chi connectivity index (χ2v) is 16.0. The third-order valence-corrected chi connectivity index (χ3v) is 9.16. The standard InChI is InChI=1S/C44H44N4O.Pt/c1-42(2,3)30-12-10-13-33(24-30)46-22-23-47(29-46)34-14-11-15-35(27-34)49-36-17-18-37-38-25-31(43(4,5)6)16-19-39(38)48(40(37)28-36)41-26-32(20-21-45-41)44(7,8)9;/h10-26H,1-9H3;/q-2;. The molecule has 0 radical (unpaired) electrons. The molecule has 0 aliphatic rings. The SMILES string of the molecule is CC(C)(C)c1cccc(-[n+]2[c-]n(-c3[c-]c(Oc4[c-]c5c(cc4)c4cc(C(C)(C)C)ccc4n5-c4cc(C(C)(C)C)ccn4)ccc3)cc2)c1.[Pt]. The Morgan fingerprint density at radius 3 is 2.08 bits per heavy atom. The first-order valence-corrected chi connectivity index (χ1v) is 17.0. The van der Waals surface area contributed by atoms with E-state index in [1.807, 2.05) is 52.0 Å². The van der Waals surface area contributed by atoms with Crippen molar-refractivity contribution in [3.8, 4) is 28.7 Å². The molecule has 0 saturated heterocycles. The number of hydrogen-bond acceptors (Lipinski definition) is 2. The van der Waals surface area contributed by atoms with E-state index in [-0.39, 0.29) is 37.3 Å². The molecule has 0 fully saturated rings. The molecule has 0 aliphatic carbocycles. The third kappa shape index (κ3) is 6.94. The van der Waals surface area contributed by atoms with Crippen LogP contribution in [0.25, 0.3) is 39.0 Å². The van der Waals surface area contributed by atoms with Gasteiger partial charge in [0, 0.05) is 56.7 Å². The molecule has 0 atom stereocenters. The predicted molar refractivity (Wildman–Crippen MR) is 199 cm³/mol. The van der Waals surface area contributed by atoms with Gasteiger partial charge in [0.05, 0.1) is 5.69 Å². The number of imidazole rings is 1. The molecule has 0 amide bonds. The van der Waals surface area contributed by atoms with Gasteiger partial charge in [-0.25, -0.2) is 4.98 Å². The van der Waals surface area contributed by atoms with E-state index in [9.17, 15) is 0 Å². The van der Waals surface area contributed by atoms with Crippen LogP contribution in [0.1, 0.15) is 79.0 Å². The fourth-order valence-electron chi connectivity index (χ4n) is 6.17. The quantitative estimate of drug-likeness (QED) is 0.128. The maximum atomic E-state index is 6.46. The Balaban J connectivity index is 0.00000432. The summed E-state index contributed by atoms with van der Waals surface area (Å²) >= 11 is 0. The van der Waals surface area contributed by atoms with Gasteiger partial charge in [0.15, 0.2) is 0 Å². The molecular formula is C44H44N4OPt-2. The zero-order valence-electron chi connectivity index (χ0n) is 30.3. The van der Waals surface area contributed by atoms with Crippen molar-refractivity contribution in [3.05, 3.63) is 139 Å². The van der Waals surface area contributed by atoms with E-state index in [0.717, 1.165) is 33.6 Å². The monoisotopic (exact) mass is 839 g/mol. The molecule has 0 unspecified atom stereocenters. The molecule has 3 aromatic heterocycles. The van der Waals surface area contributed by atoms with Gasteiger partial charge in [-0.1, -0.05) is 92.1 Å². The molecule has 5 nitrogen and oxygen atoms in total. The smallest absolute Gasteiger partial charge is 0.267 e. The molecule has 0 spiro atoms. The minimum absolute atomic E-state index is 0. The van der Waals surface area contributed by atoms with Gasteiger partial charge in [0.2, 0.25) is 0 Å². The maximum Gasteiger partial charge on any atom is 0.267 e. The van der Waals surface area contributed by atoms with Crippen molar-refractivity contribution in [2.24, 2.45) is 0 Å². The molecule has 0 aliphatic heterocycles. The van der Waals surface area contributed by atoms with Crippen LogP contribution < -0.4 is 9.30 Å². The minimum Gasteiger partial charge on any atom is -0.510 e. The molecule has 0 bridgehead atoms. The predicted octanol–water partition coefficient (Wildman–Crippen LogP) is 10.3. The third-order valence-electron chi connectivity index (χ3n) is 9.16. The summed E-state index contributed by atoms with van der Waals surface area (Å²) in [6, 6.07) is 36.7. The van der Waals surface area contributed by atoms with Crippen LogP contribution in [-0.2, 0) is 37.3 Å². The van der Waals surface area contributed by atoms with Crippen LogP contribution in [0.15, 0.2) is 104 Å². The summed E-state index contributed by atoms with van der Waals surface area (Å²) in [5.41, 5.74) is 7.77. The number of ether oxygens (including phenoxy) is 1. The second kappa shape index (κ2) is 13.0. The Bertz CT molecular complexity index is 2330. The van der Waals surface area contributed by atoms with E-state index in [1.165, 1.54) is 22.1 Å². The molecule has 3 heterocycles. The Labute approximate surface area is 310 Å². The summed E-state index contributed by atoms with van der Waals surface area (Å²) in [7, 11) is 0. The molecule has 6 heteroatoms. The van der Waals surface area contributed by atoms with Gasteiger partial charge in [-0.3, -0.25) is 4.57 Å². The zero-order valence-corrected chi connectivity index (χ0v) is 32.6. The van der Waals surface area contributed by atoms with Gasteiger partial charge in [-0.05, 0) is 74.3 Å². The Kier molecular flexibility index (Phi) is 9.20. The van der Waals surface area contributed by atoms with Crippen molar-refractivity contribution in [1.82, 2.24) is 14.1 Å². The summed E-state index contributed by atoms with van der Waals surface area (Å²) in [4.78, 5) is 4.85. The Morgan fingerprint density at radius 2 is 1.34 bits per heavy atom. The van der Waals surface area contributed by atoms with Crippen molar-refractivity contribution < 1.29 is 30.4 Å². The Hall–Kier alpha value is -4.47. The number of fused-ring (bicyclic) bond motifs is 3. The van der Waals surface area contributed by atoms with Crippen LogP contribution in [-0.4, -0.2) is 14.1 Å². The van der Waals surface area contributed by atoms with Gasteiger partial charge < -0.3 is 13.9 Å². The van der Waals surface area contributed by atoms with E-state index in [0.29, 0.717) is 11.5 Å². The number of pyridine rings is 1. The minimum atomic E-state index is -0.0123. The first-order valence-electron chi connectivity index (χ1n) is 17.0. The van der Waals surface area contributed by atoms with Crippen molar-refractivity contribution in [2.75, 3.05) is 0 Å². The number of aromatic nitrogens is 4. The summed E-state index contributed by atoms with van der Waals surface area (Å²) in [6.45, 7) is 20.1. The van der Waals surface area contributed by atoms with Crippen molar-refractivity contribution in [1.29, 1.82) is 0 Å². The fraction of sp³-hybridized carbons (Fsp3) is 0.273. The number of hydrogen-bond donors (Lipinski definition) is 0. The molecule has 4 aromatic carbocycles. The maximum absolute atomic E-state index is 6.46. The number of nitrogens with zero attached hydrogens (tertiary/aromatic N) is 4. The van der Waals surface area contributed by atoms with Crippen LogP contribution in [0.5, 0.6) is 11.5 Å². The molecule has 258 valence electrons. The average molecular weight is 840 g/mol. The topological polar surface area (TPSA) is 35.9 Å². The van der Waals surface area contributed by atoms with Crippen LogP contribution >= 0.6 is 0 Å². The molecule has 50 heavy (non-hydrogen) atoms. The number of rotatable bonds is 5. The van der Waals surface area contributed by atoms with Crippen molar-refractivity contribution >= 4 is 21.8 Å². The van der Waals surface area contributed by atoms with Crippen molar-refractivity contribution in [3.63, 3.8) is 0 Å². The number of benzene rings is 4. The van der Waals surface area contributed by atoms with Gasteiger partial charge >= 0.3 is 0 Å². The van der Waals surface area contributed by atoms with Crippen LogP contribution in [0, 0.1) is 18.5 Å². The van der Waals surface area contributed by atoms with Gasteiger partial charge in [-0.2, -0.15) is 18.2 Å². The summed E-state index contributed by atoms with van der Waals surface area (Å²) in [6.07, 6.45) is 9.34. The Morgan fingerprint density at radius 1 is 0.660 bits per heavy atom. The van der Waals surface area contributed by atoms with Crippen LogP contribution in [0.3, 0.4) is 0 Å². The molecular weight excluding hydrogens is 796 g/mol. The normalized spacial score (nSPS) is 12.3. The summed E-state index contributed by atoms with van der Waals surface area (Å²) in [5.74, 6) is 2.07. The van der Waals surface area contributed by atoms with E-state index < -0.39 is 0 Å². The van der Waals surface area contributed by atoms with Gasteiger partial charge in [0.25, 0.3) is 6.33 Å². The molecule has 0 N–H and O–H groups in total. The fourth-order valence-corrected chi connectivity index (χ4v) is 6.17. The molecule has 0 saturated carbocycles. The van der Waals surface area contributed by atoms with Gasteiger partial charge in [0.1, 0.15) is 5.82 Å². The average Bonchev–Trinajstić information content (AvgIpc) is 3.67. The van der Waals surface area contributed by atoms with E-state index in [2.05, 4.69) is 146 Å². The van der Waals surface area contributed by atoms with E-state index >= 15 is 0 Å².